The lowest BCUT2D eigenvalue weighted by molar-refractivity contribution is -0.139. The van der Waals surface area contributed by atoms with Crippen molar-refractivity contribution in [3.63, 3.8) is 0 Å². The van der Waals surface area contributed by atoms with Crippen molar-refractivity contribution in [1.29, 1.82) is 0 Å². The zero-order chi connectivity index (χ0) is 21.3. The molecule has 5 heteroatoms. The van der Waals surface area contributed by atoms with Gasteiger partial charge in [0, 0.05) is 29.5 Å². The molecule has 0 N–H and O–H groups in total. The Labute approximate surface area is 184 Å². The van der Waals surface area contributed by atoms with Gasteiger partial charge in [-0.2, -0.15) is 0 Å². The van der Waals surface area contributed by atoms with Crippen LogP contribution in [0.1, 0.15) is 37.1 Å². The molecule has 0 saturated heterocycles. The average molecular weight is 425 g/mol. The molecule has 0 aliphatic heterocycles. The van der Waals surface area contributed by atoms with Crippen molar-refractivity contribution in [3.05, 3.63) is 94.8 Å². The lowest BCUT2D eigenvalue weighted by Gasteiger charge is -2.29. The van der Waals surface area contributed by atoms with Crippen LogP contribution in [-0.4, -0.2) is 28.0 Å². The fourth-order valence-corrected chi connectivity index (χ4v) is 3.55. The summed E-state index contributed by atoms with van der Waals surface area (Å²) < 4.78 is 7.85. The molecular weight excluding hydrogens is 396 g/mol. The van der Waals surface area contributed by atoms with Gasteiger partial charge in [0.25, 0.3) is 0 Å². The van der Waals surface area contributed by atoms with Gasteiger partial charge >= 0.3 is 0 Å². The quantitative estimate of drug-likeness (QED) is 0.428. The number of rotatable bonds is 10. The number of aromatic nitrogens is 1. The predicted molar refractivity (Wildman–Crippen MR) is 121 cm³/mol. The van der Waals surface area contributed by atoms with Crippen LogP contribution >= 0.6 is 11.6 Å². The average Bonchev–Trinajstić information content (AvgIpc) is 3.20. The molecule has 0 saturated carbocycles. The first-order valence-corrected chi connectivity index (χ1v) is 10.7. The van der Waals surface area contributed by atoms with E-state index in [2.05, 4.69) is 24.5 Å². The second-order valence-electron chi connectivity index (χ2n) is 7.48. The molecule has 1 unspecified atom stereocenters. The molecule has 3 aromatic rings. The topological polar surface area (TPSA) is 34.5 Å². The number of nitrogens with zero attached hydrogens (tertiary/aromatic N) is 2. The van der Waals surface area contributed by atoms with Gasteiger partial charge in [0.15, 0.2) is 0 Å². The number of halogens is 1. The highest BCUT2D eigenvalue weighted by molar-refractivity contribution is 6.31. The van der Waals surface area contributed by atoms with Crippen molar-refractivity contribution in [1.82, 2.24) is 9.47 Å². The smallest absolute Gasteiger partial charge is 0.249 e. The Bertz CT molecular complexity index is 939. The minimum atomic E-state index is 0.00535. The summed E-state index contributed by atoms with van der Waals surface area (Å²) >= 11 is 6.34. The molecule has 0 spiro atoms. The first-order valence-electron chi connectivity index (χ1n) is 10.4. The van der Waals surface area contributed by atoms with E-state index in [1.165, 1.54) is 0 Å². The largest absolute Gasteiger partial charge is 0.367 e. The van der Waals surface area contributed by atoms with Gasteiger partial charge in [-0.3, -0.25) is 4.79 Å². The van der Waals surface area contributed by atoms with E-state index in [-0.39, 0.29) is 18.6 Å². The second-order valence-corrected chi connectivity index (χ2v) is 7.88. The van der Waals surface area contributed by atoms with E-state index in [4.69, 9.17) is 16.3 Å². The summed E-state index contributed by atoms with van der Waals surface area (Å²) in [6.45, 7) is 5.90. The van der Waals surface area contributed by atoms with Gasteiger partial charge in [0.2, 0.25) is 5.91 Å². The highest BCUT2D eigenvalue weighted by atomic mass is 35.5. The van der Waals surface area contributed by atoms with E-state index in [1.807, 2.05) is 71.8 Å². The molecule has 0 aliphatic rings. The molecule has 158 valence electrons. The van der Waals surface area contributed by atoms with Crippen LogP contribution in [0.3, 0.4) is 0 Å². The van der Waals surface area contributed by atoms with Crippen molar-refractivity contribution in [2.24, 2.45) is 0 Å². The van der Waals surface area contributed by atoms with Crippen LogP contribution in [0, 0.1) is 0 Å². The second kappa shape index (κ2) is 11.0. The Balaban J connectivity index is 1.66. The van der Waals surface area contributed by atoms with Gasteiger partial charge in [-0.05, 0) is 42.7 Å². The minimum absolute atomic E-state index is 0.00535. The summed E-state index contributed by atoms with van der Waals surface area (Å²) in [5.74, 6) is 0.00535. The maximum atomic E-state index is 13.0. The number of carbonyl (C=O) groups is 1. The van der Waals surface area contributed by atoms with Gasteiger partial charge in [-0.15, -0.1) is 0 Å². The Kier molecular flexibility index (Phi) is 8.12. The van der Waals surface area contributed by atoms with Crippen LogP contribution in [0.5, 0.6) is 0 Å². The number of ether oxygens (including phenoxy) is 1. The summed E-state index contributed by atoms with van der Waals surface area (Å²) in [7, 11) is 0. The molecule has 0 radical (unpaired) electrons. The van der Waals surface area contributed by atoms with Crippen LogP contribution in [0.2, 0.25) is 5.02 Å². The van der Waals surface area contributed by atoms with Crippen LogP contribution in [0.4, 0.5) is 0 Å². The SMILES string of the molecule is CCC(C)N(Cc1cccn1Cc1ccccc1Cl)C(=O)COCc1ccccc1. The summed E-state index contributed by atoms with van der Waals surface area (Å²) in [6, 6.07) is 22.0. The molecule has 0 aliphatic carbocycles. The van der Waals surface area contributed by atoms with Gasteiger partial charge in [-0.1, -0.05) is 67.1 Å². The summed E-state index contributed by atoms with van der Waals surface area (Å²) in [5, 5.41) is 0.751. The number of benzene rings is 2. The molecule has 4 nitrogen and oxygen atoms in total. The Hall–Kier alpha value is -2.56. The van der Waals surface area contributed by atoms with Gasteiger partial charge < -0.3 is 14.2 Å². The molecule has 1 aromatic heterocycles. The van der Waals surface area contributed by atoms with E-state index in [1.54, 1.807) is 0 Å². The molecule has 30 heavy (non-hydrogen) atoms. The molecule has 2 aromatic carbocycles. The maximum absolute atomic E-state index is 13.0. The molecule has 0 bridgehead atoms. The fraction of sp³-hybridized carbons (Fsp3) is 0.320. The van der Waals surface area contributed by atoms with Crippen molar-refractivity contribution in [2.45, 2.75) is 46.0 Å². The molecule has 1 amide bonds. The number of hydrogen-bond donors (Lipinski definition) is 0. The van der Waals surface area contributed by atoms with E-state index in [9.17, 15) is 4.79 Å². The number of hydrogen-bond acceptors (Lipinski definition) is 2. The van der Waals surface area contributed by atoms with Crippen molar-refractivity contribution in [3.8, 4) is 0 Å². The highest BCUT2D eigenvalue weighted by Crippen LogP contribution is 2.19. The normalized spacial score (nSPS) is 12.0. The van der Waals surface area contributed by atoms with Crippen molar-refractivity contribution in [2.75, 3.05) is 6.61 Å². The highest BCUT2D eigenvalue weighted by Gasteiger charge is 2.21. The Morgan fingerprint density at radius 2 is 1.80 bits per heavy atom. The van der Waals surface area contributed by atoms with Gasteiger partial charge in [0.05, 0.1) is 13.2 Å². The van der Waals surface area contributed by atoms with Gasteiger partial charge in [-0.25, -0.2) is 0 Å². The third-order valence-electron chi connectivity index (χ3n) is 5.33. The fourth-order valence-electron chi connectivity index (χ4n) is 3.36. The van der Waals surface area contributed by atoms with Crippen LogP contribution in [0.25, 0.3) is 0 Å². The van der Waals surface area contributed by atoms with E-state index >= 15 is 0 Å². The maximum Gasteiger partial charge on any atom is 0.249 e. The van der Waals surface area contributed by atoms with Crippen molar-refractivity contribution >= 4 is 17.5 Å². The third-order valence-corrected chi connectivity index (χ3v) is 5.70. The minimum Gasteiger partial charge on any atom is -0.367 e. The zero-order valence-electron chi connectivity index (χ0n) is 17.6. The van der Waals surface area contributed by atoms with Crippen molar-refractivity contribution < 1.29 is 9.53 Å². The van der Waals surface area contributed by atoms with Crippen LogP contribution in [-0.2, 0) is 29.2 Å². The van der Waals surface area contributed by atoms with E-state index in [0.717, 1.165) is 28.3 Å². The van der Waals surface area contributed by atoms with Gasteiger partial charge in [0.1, 0.15) is 6.61 Å². The van der Waals surface area contributed by atoms with E-state index < -0.39 is 0 Å². The molecule has 0 fully saturated rings. The predicted octanol–water partition coefficient (Wildman–Crippen LogP) is 5.53. The van der Waals surface area contributed by atoms with E-state index in [0.29, 0.717) is 19.7 Å². The summed E-state index contributed by atoms with van der Waals surface area (Å²) in [4.78, 5) is 14.9. The number of carbonyl (C=O) groups excluding carboxylic acids is 1. The first kappa shape index (κ1) is 22.1. The Morgan fingerprint density at radius 3 is 2.53 bits per heavy atom. The summed E-state index contributed by atoms with van der Waals surface area (Å²) in [5.41, 5.74) is 3.20. The standard InChI is InChI=1S/C25H29ClN2O2/c1-3-20(2)28(25(29)19-30-18-21-10-5-4-6-11-21)17-23-13-9-15-27(23)16-22-12-7-8-14-24(22)26/h4-15,20H,3,16-19H2,1-2H3. The lowest BCUT2D eigenvalue weighted by Crippen LogP contribution is -2.40. The van der Waals surface area contributed by atoms with Crippen LogP contribution in [0.15, 0.2) is 72.9 Å². The number of amides is 1. The lowest BCUT2D eigenvalue weighted by atomic mass is 10.2. The zero-order valence-corrected chi connectivity index (χ0v) is 18.4. The monoisotopic (exact) mass is 424 g/mol. The molecule has 3 rings (SSSR count). The van der Waals surface area contributed by atoms with Crippen LogP contribution < -0.4 is 0 Å². The molecule has 1 heterocycles. The molecular formula is C25H29ClN2O2. The molecule has 1 atom stereocenters. The first-order chi connectivity index (χ1) is 14.6. The third kappa shape index (κ3) is 5.97. The summed E-state index contributed by atoms with van der Waals surface area (Å²) in [6.07, 6.45) is 2.92. The Morgan fingerprint density at radius 1 is 1.07 bits per heavy atom.